The van der Waals surface area contributed by atoms with Crippen LogP contribution in [0.4, 0.5) is 5.69 Å². The number of benzene rings is 2. The fraction of sp³-hybridized carbons (Fsp3) is 0.333. The van der Waals surface area contributed by atoms with E-state index >= 15 is 0 Å². The summed E-state index contributed by atoms with van der Waals surface area (Å²) in [6.07, 6.45) is 23.0. The number of hydrogen-bond donors (Lipinski definition) is 3. The van der Waals surface area contributed by atoms with Crippen molar-refractivity contribution in [2.24, 2.45) is 0 Å². The zero-order valence-electron chi connectivity index (χ0n) is 32.5. The summed E-state index contributed by atoms with van der Waals surface area (Å²) in [7, 11) is 0. The predicted octanol–water partition coefficient (Wildman–Crippen LogP) is 13.1. The van der Waals surface area contributed by atoms with Crippen molar-refractivity contribution in [1.82, 2.24) is 19.9 Å². The minimum atomic E-state index is 0.682. The molecule has 0 amide bonds. The third-order valence-corrected chi connectivity index (χ3v) is 10.3. The quantitative estimate of drug-likeness (QED) is 0.0602. The van der Waals surface area contributed by atoms with Crippen molar-refractivity contribution in [2.45, 2.75) is 90.9 Å². The number of nitrogens with one attached hydrogen (secondary N) is 2. The molecule has 5 aromatic rings. The van der Waals surface area contributed by atoms with Crippen LogP contribution in [0.1, 0.15) is 114 Å². The molecule has 5 heterocycles. The van der Waals surface area contributed by atoms with Gasteiger partial charge in [0, 0.05) is 44.9 Å². The van der Waals surface area contributed by atoms with Crippen LogP contribution in [0.15, 0.2) is 78.9 Å². The van der Waals surface area contributed by atoms with E-state index in [1.54, 1.807) is 0 Å². The number of aromatic nitrogens is 4. The number of ether oxygens (including phenoxy) is 2. The second-order valence-corrected chi connectivity index (χ2v) is 14.8. The van der Waals surface area contributed by atoms with Gasteiger partial charge in [0.05, 0.1) is 36.0 Å². The standard InChI is InChI=1S/C48H55N5O2/c1-3-5-7-9-11-13-27-54-41-29-35(30-42(33-41)55-28-14-12-10-8-6-4-2)48-45-25-21-39(52-45)31-37-19-23-43(50-37)47(34-15-17-36(49)18-16-34)44-24-20-38(51-44)32-40-22-26-46(48)53-40/h15-26,29-33,50,53H,3-14,27-28,49H2,1-2H3. The number of rotatable bonds is 18. The van der Waals surface area contributed by atoms with E-state index in [4.69, 9.17) is 25.2 Å². The maximum Gasteiger partial charge on any atom is 0.123 e. The zero-order valence-corrected chi connectivity index (χ0v) is 32.5. The van der Waals surface area contributed by atoms with Crippen molar-refractivity contribution in [1.29, 1.82) is 0 Å². The fourth-order valence-electron chi connectivity index (χ4n) is 7.36. The summed E-state index contributed by atoms with van der Waals surface area (Å²) in [6, 6.07) is 26.9. The zero-order chi connectivity index (χ0) is 37.8. The molecule has 4 N–H and O–H groups in total. The maximum absolute atomic E-state index is 6.44. The average molecular weight is 734 g/mol. The number of H-pyrrole nitrogens is 2. The molecule has 284 valence electrons. The Morgan fingerprint density at radius 1 is 0.491 bits per heavy atom. The molecule has 0 saturated carbocycles. The lowest BCUT2D eigenvalue weighted by Gasteiger charge is -2.14. The molecule has 2 aliphatic rings. The molecular formula is C48H55N5O2. The highest BCUT2D eigenvalue weighted by molar-refractivity contribution is 5.93. The molecule has 0 unspecified atom stereocenters. The molecule has 2 aromatic carbocycles. The summed E-state index contributed by atoms with van der Waals surface area (Å²) >= 11 is 0. The molecule has 0 radical (unpaired) electrons. The second-order valence-electron chi connectivity index (χ2n) is 14.8. The van der Waals surface area contributed by atoms with Gasteiger partial charge in [-0.2, -0.15) is 0 Å². The van der Waals surface area contributed by atoms with E-state index in [1.165, 1.54) is 64.2 Å². The minimum Gasteiger partial charge on any atom is -0.493 e. The van der Waals surface area contributed by atoms with Crippen LogP contribution in [0.2, 0.25) is 0 Å². The fourth-order valence-corrected chi connectivity index (χ4v) is 7.36. The van der Waals surface area contributed by atoms with Gasteiger partial charge in [0.1, 0.15) is 11.5 Å². The Morgan fingerprint density at radius 2 is 0.964 bits per heavy atom. The van der Waals surface area contributed by atoms with E-state index in [9.17, 15) is 0 Å². The van der Waals surface area contributed by atoms with Gasteiger partial charge < -0.3 is 25.2 Å². The first-order chi connectivity index (χ1) is 27.1. The average Bonchev–Trinajstić information content (AvgIpc) is 4.02. The molecule has 0 spiro atoms. The summed E-state index contributed by atoms with van der Waals surface area (Å²) in [6.45, 7) is 5.88. The van der Waals surface area contributed by atoms with Crippen molar-refractivity contribution < 1.29 is 9.47 Å². The lowest BCUT2D eigenvalue weighted by molar-refractivity contribution is 0.290. The first-order valence-corrected chi connectivity index (χ1v) is 20.4. The van der Waals surface area contributed by atoms with Gasteiger partial charge >= 0.3 is 0 Å². The first-order valence-electron chi connectivity index (χ1n) is 20.4. The van der Waals surface area contributed by atoms with Crippen molar-refractivity contribution in [3.05, 3.63) is 102 Å². The Labute approximate surface area is 325 Å². The van der Waals surface area contributed by atoms with Gasteiger partial charge in [-0.15, -0.1) is 0 Å². The molecule has 7 nitrogen and oxygen atoms in total. The summed E-state index contributed by atoms with van der Waals surface area (Å²) in [5, 5.41) is 0. The molecule has 0 aliphatic carbocycles. The molecule has 0 atom stereocenters. The smallest absolute Gasteiger partial charge is 0.123 e. The van der Waals surface area contributed by atoms with E-state index in [0.717, 1.165) is 97.1 Å². The van der Waals surface area contributed by atoms with Crippen LogP contribution < -0.4 is 15.2 Å². The molecule has 0 saturated heterocycles. The molecule has 2 aliphatic heterocycles. The highest BCUT2D eigenvalue weighted by Crippen LogP contribution is 2.36. The highest BCUT2D eigenvalue weighted by atomic mass is 16.5. The molecule has 8 bridgehead atoms. The molecule has 7 heteroatoms. The van der Waals surface area contributed by atoms with Crippen molar-refractivity contribution >= 4 is 52.1 Å². The van der Waals surface area contributed by atoms with Crippen LogP contribution in [-0.2, 0) is 0 Å². The lowest BCUT2D eigenvalue weighted by Crippen LogP contribution is -2.01. The second kappa shape index (κ2) is 18.7. The van der Waals surface area contributed by atoms with Gasteiger partial charge in [-0.05, 0) is 109 Å². The Balaban J connectivity index is 1.30. The third-order valence-electron chi connectivity index (χ3n) is 10.3. The number of aromatic amines is 2. The summed E-state index contributed by atoms with van der Waals surface area (Å²) in [5.74, 6) is 1.64. The largest absolute Gasteiger partial charge is 0.493 e. The van der Waals surface area contributed by atoms with E-state index in [1.807, 2.05) is 24.3 Å². The van der Waals surface area contributed by atoms with Crippen LogP contribution in [0.25, 0.3) is 68.6 Å². The number of nitrogens with two attached hydrogens (primary N) is 1. The molecular weight excluding hydrogens is 679 g/mol. The molecule has 55 heavy (non-hydrogen) atoms. The summed E-state index contributed by atoms with van der Waals surface area (Å²) in [5.41, 5.74) is 18.1. The first kappa shape index (κ1) is 37.7. The summed E-state index contributed by atoms with van der Waals surface area (Å²) < 4.78 is 12.9. The molecule has 0 fully saturated rings. The summed E-state index contributed by atoms with van der Waals surface area (Å²) in [4.78, 5) is 17.6. The topological polar surface area (TPSA) is 102 Å². The van der Waals surface area contributed by atoms with Crippen molar-refractivity contribution in [3.63, 3.8) is 0 Å². The molecule has 7 rings (SSSR count). The van der Waals surface area contributed by atoms with Crippen LogP contribution in [0, 0.1) is 0 Å². The highest BCUT2D eigenvalue weighted by Gasteiger charge is 2.15. The molecule has 3 aromatic heterocycles. The lowest BCUT2D eigenvalue weighted by atomic mass is 10.0. The van der Waals surface area contributed by atoms with Crippen LogP contribution in [-0.4, -0.2) is 33.1 Å². The van der Waals surface area contributed by atoms with Crippen LogP contribution >= 0.6 is 0 Å². The van der Waals surface area contributed by atoms with E-state index in [0.29, 0.717) is 13.2 Å². The SMILES string of the molecule is CCCCCCCCOc1cc(OCCCCCCCC)cc(-c2c3nc(cc4ccc([nH]4)c(-c4ccc(N)cc4)c4nc(cc5ccc2[nH]5)C=C4)C=C3)c1. The Bertz CT molecular complexity index is 2240. The van der Waals surface area contributed by atoms with E-state index in [2.05, 4.69) is 103 Å². The van der Waals surface area contributed by atoms with Gasteiger partial charge in [0.2, 0.25) is 0 Å². The number of nitrogens with zero attached hydrogens (tertiary/aromatic N) is 2. The number of hydrogen-bond acceptors (Lipinski definition) is 5. The number of unbranched alkanes of at least 4 members (excludes halogenated alkanes) is 10. The van der Waals surface area contributed by atoms with Crippen molar-refractivity contribution in [3.8, 4) is 33.8 Å². The van der Waals surface area contributed by atoms with E-state index < -0.39 is 0 Å². The van der Waals surface area contributed by atoms with Gasteiger partial charge in [-0.1, -0.05) is 90.2 Å². The Hall–Kier alpha value is -5.56. The van der Waals surface area contributed by atoms with Gasteiger partial charge in [0.25, 0.3) is 0 Å². The van der Waals surface area contributed by atoms with Crippen LogP contribution in [0.3, 0.4) is 0 Å². The van der Waals surface area contributed by atoms with Crippen molar-refractivity contribution in [2.75, 3.05) is 18.9 Å². The normalized spacial score (nSPS) is 12.0. The number of anilines is 1. The predicted molar refractivity (Wildman–Crippen MR) is 232 cm³/mol. The third kappa shape index (κ3) is 9.96. The number of fused-ring (bicyclic) bond motifs is 8. The van der Waals surface area contributed by atoms with Gasteiger partial charge in [-0.25, -0.2) is 9.97 Å². The maximum atomic E-state index is 6.44. The van der Waals surface area contributed by atoms with E-state index in [-0.39, 0.29) is 0 Å². The van der Waals surface area contributed by atoms with Gasteiger partial charge in [0.15, 0.2) is 0 Å². The Kier molecular flexibility index (Phi) is 12.8. The van der Waals surface area contributed by atoms with Crippen LogP contribution in [0.5, 0.6) is 11.5 Å². The van der Waals surface area contributed by atoms with Gasteiger partial charge in [-0.3, -0.25) is 0 Å². The monoisotopic (exact) mass is 733 g/mol. The number of nitrogen functional groups attached to an aromatic ring is 1. The minimum absolute atomic E-state index is 0.682. The Morgan fingerprint density at radius 3 is 1.47 bits per heavy atom.